The van der Waals surface area contributed by atoms with Crippen LogP contribution in [0.25, 0.3) is 11.3 Å². The van der Waals surface area contributed by atoms with Gasteiger partial charge in [-0.15, -0.1) is 0 Å². The highest BCUT2D eigenvalue weighted by atomic mass is 16.5. The number of nitrogens with zero attached hydrogens (tertiary/aromatic N) is 3. The average Bonchev–Trinajstić information content (AvgIpc) is 2.48. The van der Waals surface area contributed by atoms with E-state index in [1.165, 1.54) is 0 Å². The summed E-state index contributed by atoms with van der Waals surface area (Å²) in [5.41, 5.74) is 2.70. The van der Waals surface area contributed by atoms with Gasteiger partial charge < -0.3 is 4.74 Å². The summed E-state index contributed by atoms with van der Waals surface area (Å²) in [4.78, 5) is 8.90. The predicted octanol–water partition coefficient (Wildman–Crippen LogP) is 3.48. The van der Waals surface area contributed by atoms with Gasteiger partial charge in [0.15, 0.2) is 0 Å². The Kier molecular flexibility index (Phi) is 4.31. The van der Waals surface area contributed by atoms with Gasteiger partial charge in [0.05, 0.1) is 18.9 Å². The van der Waals surface area contributed by atoms with Crippen LogP contribution in [-0.4, -0.2) is 17.1 Å². The summed E-state index contributed by atoms with van der Waals surface area (Å²) < 4.78 is 5.15. The second kappa shape index (κ2) is 6.16. The maximum absolute atomic E-state index is 9.15. The van der Waals surface area contributed by atoms with E-state index in [1.54, 1.807) is 7.11 Å². The van der Waals surface area contributed by atoms with Crippen molar-refractivity contribution in [3.63, 3.8) is 0 Å². The van der Waals surface area contributed by atoms with Crippen LogP contribution < -0.4 is 4.74 Å². The monoisotopic (exact) mass is 267 g/mol. The van der Waals surface area contributed by atoms with Crippen molar-refractivity contribution in [2.75, 3.05) is 7.11 Å². The van der Waals surface area contributed by atoms with E-state index in [2.05, 4.69) is 16.0 Å². The van der Waals surface area contributed by atoms with Crippen molar-refractivity contribution in [1.29, 1.82) is 5.26 Å². The predicted molar refractivity (Wildman–Crippen MR) is 77.4 cm³/mol. The van der Waals surface area contributed by atoms with Crippen LogP contribution in [0.1, 0.15) is 30.8 Å². The minimum absolute atomic E-state index is 0.258. The fourth-order valence-corrected chi connectivity index (χ4v) is 1.99. The van der Waals surface area contributed by atoms with Gasteiger partial charge in [-0.2, -0.15) is 5.26 Å². The Balaban J connectivity index is 2.43. The van der Waals surface area contributed by atoms with E-state index in [0.717, 1.165) is 22.7 Å². The lowest BCUT2D eigenvalue weighted by Crippen LogP contribution is -2.04. The van der Waals surface area contributed by atoms with Gasteiger partial charge in [0, 0.05) is 11.3 Å². The number of rotatable bonds is 4. The molecule has 0 fully saturated rings. The molecule has 1 atom stereocenters. The number of methoxy groups -OCH3 is 1. The number of nitriles is 1. The van der Waals surface area contributed by atoms with Gasteiger partial charge in [-0.1, -0.05) is 6.92 Å². The second-order valence-electron chi connectivity index (χ2n) is 4.57. The van der Waals surface area contributed by atoms with Crippen LogP contribution in [0.5, 0.6) is 5.75 Å². The number of aryl methyl sites for hydroxylation is 1. The summed E-state index contributed by atoms with van der Waals surface area (Å²) in [5, 5.41) is 9.15. The highest BCUT2D eigenvalue weighted by Crippen LogP contribution is 2.23. The number of ether oxygens (including phenoxy) is 1. The number of benzene rings is 1. The first-order chi connectivity index (χ1) is 9.67. The van der Waals surface area contributed by atoms with Gasteiger partial charge >= 0.3 is 0 Å². The minimum atomic E-state index is -0.258. The molecule has 0 saturated carbocycles. The van der Waals surface area contributed by atoms with Crippen molar-refractivity contribution in [2.45, 2.75) is 26.2 Å². The highest BCUT2D eigenvalue weighted by molar-refractivity contribution is 5.60. The molecular weight excluding hydrogens is 250 g/mol. The molecule has 102 valence electrons. The van der Waals surface area contributed by atoms with E-state index in [1.807, 2.05) is 44.2 Å². The first-order valence-electron chi connectivity index (χ1n) is 6.57. The summed E-state index contributed by atoms with van der Waals surface area (Å²) in [6.45, 7) is 3.88. The van der Waals surface area contributed by atoms with E-state index in [0.29, 0.717) is 12.2 Å². The molecule has 0 spiro atoms. The molecule has 0 aliphatic heterocycles. The molecule has 0 bridgehead atoms. The Hall–Kier alpha value is -2.41. The molecule has 2 rings (SSSR count). The van der Waals surface area contributed by atoms with Crippen LogP contribution in [0.3, 0.4) is 0 Å². The molecule has 1 unspecified atom stereocenters. The molecular formula is C16H17N3O. The standard InChI is InChI=1S/C16H17N3O/c1-4-12(10-17)16-18-11(2)9-15(19-16)13-5-7-14(20-3)8-6-13/h5-9,12H,4H2,1-3H3. The Bertz CT molecular complexity index is 629. The topological polar surface area (TPSA) is 58.8 Å². The van der Waals surface area contributed by atoms with Gasteiger partial charge in [-0.05, 0) is 43.7 Å². The van der Waals surface area contributed by atoms with Crippen molar-refractivity contribution >= 4 is 0 Å². The van der Waals surface area contributed by atoms with Crippen molar-refractivity contribution in [3.05, 3.63) is 41.9 Å². The number of aromatic nitrogens is 2. The van der Waals surface area contributed by atoms with Crippen molar-refractivity contribution in [2.24, 2.45) is 0 Å². The van der Waals surface area contributed by atoms with Crippen LogP contribution in [0, 0.1) is 18.3 Å². The van der Waals surface area contributed by atoms with Crippen LogP contribution in [0.4, 0.5) is 0 Å². The third-order valence-corrected chi connectivity index (χ3v) is 3.13. The van der Waals surface area contributed by atoms with Crippen LogP contribution >= 0.6 is 0 Å². The molecule has 0 radical (unpaired) electrons. The molecule has 1 aromatic heterocycles. The molecule has 0 aliphatic carbocycles. The fraction of sp³-hybridized carbons (Fsp3) is 0.312. The lowest BCUT2D eigenvalue weighted by Gasteiger charge is -2.09. The zero-order valence-electron chi connectivity index (χ0n) is 11.9. The van der Waals surface area contributed by atoms with Crippen molar-refractivity contribution in [1.82, 2.24) is 9.97 Å². The molecule has 4 nitrogen and oxygen atoms in total. The Morgan fingerprint density at radius 2 is 1.95 bits per heavy atom. The smallest absolute Gasteiger partial charge is 0.146 e. The van der Waals surface area contributed by atoms with E-state index < -0.39 is 0 Å². The molecule has 4 heteroatoms. The maximum atomic E-state index is 9.15. The maximum Gasteiger partial charge on any atom is 0.146 e. The molecule has 0 saturated heterocycles. The van der Waals surface area contributed by atoms with E-state index in [4.69, 9.17) is 10.00 Å². The SMILES string of the molecule is CCC(C#N)c1nc(C)cc(-c2ccc(OC)cc2)n1. The Morgan fingerprint density at radius 1 is 1.25 bits per heavy atom. The summed E-state index contributed by atoms with van der Waals surface area (Å²) in [6.07, 6.45) is 0.710. The van der Waals surface area contributed by atoms with Crippen LogP contribution in [-0.2, 0) is 0 Å². The van der Waals surface area contributed by atoms with Crippen LogP contribution in [0.2, 0.25) is 0 Å². The molecule has 1 heterocycles. The highest BCUT2D eigenvalue weighted by Gasteiger charge is 2.13. The summed E-state index contributed by atoms with van der Waals surface area (Å²) in [7, 11) is 1.64. The first kappa shape index (κ1) is 14.0. The molecule has 0 amide bonds. The van der Waals surface area contributed by atoms with E-state index >= 15 is 0 Å². The largest absolute Gasteiger partial charge is 0.497 e. The van der Waals surface area contributed by atoms with Gasteiger partial charge in [-0.25, -0.2) is 9.97 Å². The summed E-state index contributed by atoms with van der Waals surface area (Å²) in [5.74, 6) is 1.15. The van der Waals surface area contributed by atoms with E-state index in [-0.39, 0.29) is 5.92 Å². The van der Waals surface area contributed by atoms with Gasteiger partial charge in [0.1, 0.15) is 17.5 Å². The first-order valence-corrected chi connectivity index (χ1v) is 6.57. The minimum Gasteiger partial charge on any atom is -0.497 e. The third kappa shape index (κ3) is 2.94. The molecule has 0 N–H and O–H groups in total. The Labute approximate surface area is 119 Å². The Morgan fingerprint density at radius 3 is 2.50 bits per heavy atom. The van der Waals surface area contributed by atoms with Crippen molar-refractivity contribution in [3.8, 4) is 23.1 Å². The molecule has 2 aromatic rings. The quantitative estimate of drug-likeness (QED) is 0.851. The van der Waals surface area contributed by atoms with Gasteiger partial charge in [0.25, 0.3) is 0 Å². The van der Waals surface area contributed by atoms with E-state index in [9.17, 15) is 0 Å². The number of hydrogen-bond acceptors (Lipinski definition) is 4. The molecule has 0 aliphatic rings. The van der Waals surface area contributed by atoms with Crippen molar-refractivity contribution < 1.29 is 4.74 Å². The lowest BCUT2D eigenvalue weighted by atomic mass is 10.1. The normalized spacial score (nSPS) is 11.7. The fourth-order valence-electron chi connectivity index (χ4n) is 1.99. The lowest BCUT2D eigenvalue weighted by molar-refractivity contribution is 0.415. The number of hydrogen-bond donors (Lipinski definition) is 0. The average molecular weight is 267 g/mol. The van der Waals surface area contributed by atoms with Gasteiger partial charge in [0.2, 0.25) is 0 Å². The summed E-state index contributed by atoms with van der Waals surface area (Å²) >= 11 is 0. The summed E-state index contributed by atoms with van der Waals surface area (Å²) in [6, 6.07) is 11.9. The molecule has 20 heavy (non-hydrogen) atoms. The molecule has 1 aromatic carbocycles. The van der Waals surface area contributed by atoms with Gasteiger partial charge in [-0.3, -0.25) is 0 Å². The zero-order valence-corrected chi connectivity index (χ0v) is 11.9. The van der Waals surface area contributed by atoms with Crippen LogP contribution in [0.15, 0.2) is 30.3 Å². The third-order valence-electron chi connectivity index (χ3n) is 3.13. The second-order valence-corrected chi connectivity index (χ2v) is 4.57. The zero-order chi connectivity index (χ0) is 14.5.